The molecule has 0 saturated carbocycles. The Hall–Kier alpha value is -1.38. The molecule has 8 heteroatoms. The lowest BCUT2D eigenvalue weighted by Crippen LogP contribution is -2.34. The fourth-order valence-corrected chi connectivity index (χ4v) is 2.64. The molecular weight excluding hydrogens is 286 g/mol. The Kier molecular flexibility index (Phi) is 4.95. The summed E-state index contributed by atoms with van der Waals surface area (Å²) in [5.74, 6) is -1.81. The molecule has 1 atom stereocenters. The maximum atomic E-state index is 11.8. The maximum Gasteiger partial charge on any atom is 0.371 e. The molecule has 7 nitrogen and oxygen atoms in total. The fourth-order valence-electron chi connectivity index (χ4n) is 1.64. The van der Waals surface area contributed by atoms with Gasteiger partial charge in [-0.2, -0.15) is 0 Å². The van der Waals surface area contributed by atoms with Crippen molar-refractivity contribution in [3.63, 3.8) is 0 Å². The molecule has 0 aliphatic carbocycles. The van der Waals surface area contributed by atoms with E-state index in [9.17, 15) is 18.3 Å². The number of carboxylic acid groups (broad SMARTS) is 1. The minimum atomic E-state index is -3.96. The Balaban J connectivity index is 2.68. The normalized spacial score (nSPS) is 14.2. The molecule has 1 aromatic heterocycles. The summed E-state index contributed by atoms with van der Waals surface area (Å²) >= 11 is 0. The first-order valence-corrected chi connectivity index (χ1v) is 7.50. The van der Waals surface area contributed by atoms with E-state index in [0.717, 1.165) is 12.1 Å². The summed E-state index contributed by atoms with van der Waals surface area (Å²) in [6, 6.07) is 2.12. The lowest BCUT2D eigenvalue weighted by atomic mass is 9.89. The lowest BCUT2D eigenvalue weighted by Gasteiger charge is -2.22. The number of aliphatic hydroxyl groups excluding tert-OH is 1. The highest BCUT2D eigenvalue weighted by Crippen LogP contribution is 2.21. The molecule has 0 saturated heterocycles. The van der Waals surface area contributed by atoms with Crippen LogP contribution in [0.3, 0.4) is 0 Å². The van der Waals surface area contributed by atoms with Crippen molar-refractivity contribution in [2.24, 2.45) is 5.41 Å². The standard InChI is InChI=1S/C12H19NO6S/c1-12(2,3)6-8(14)7-13-20(17,18)10-5-4-9(19-10)11(15)16/h4-5,8,13-14H,6-7H2,1-3H3,(H,15,16). The van der Waals surface area contributed by atoms with Crippen molar-refractivity contribution < 1.29 is 27.8 Å². The number of hydrogen-bond donors (Lipinski definition) is 3. The lowest BCUT2D eigenvalue weighted by molar-refractivity contribution is 0.0656. The number of aliphatic hydroxyl groups is 1. The van der Waals surface area contributed by atoms with Gasteiger partial charge >= 0.3 is 5.97 Å². The van der Waals surface area contributed by atoms with Gasteiger partial charge < -0.3 is 14.6 Å². The molecule has 0 aliphatic heterocycles. The molecule has 114 valence electrons. The van der Waals surface area contributed by atoms with Gasteiger partial charge in [0.15, 0.2) is 0 Å². The monoisotopic (exact) mass is 305 g/mol. The van der Waals surface area contributed by atoms with Crippen LogP contribution in [0.5, 0.6) is 0 Å². The summed E-state index contributed by atoms with van der Waals surface area (Å²) in [6.45, 7) is 5.62. The van der Waals surface area contributed by atoms with Crippen molar-refractivity contribution >= 4 is 16.0 Å². The first-order chi connectivity index (χ1) is 9.01. The van der Waals surface area contributed by atoms with E-state index in [1.807, 2.05) is 20.8 Å². The smallest absolute Gasteiger partial charge is 0.371 e. The number of hydrogen-bond acceptors (Lipinski definition) is 5. The molecule has 3 N–H and O–H groups in total. The van der Waals surface area contributed by atoms with E-state index >= 15 is 0 Å². The van der Waals surface area contributed by atoms with Crippen LogP contribution in [0.2, 0.25) is 0 Å². The molecule has 1 heterocycles. The number of aromatic carboxylic acids is 1. The van der Waals surface area contributed by atoms with Gasteiger partial charge in [-0.1, -0.05) is 20.8 Å². The van der Waals surface area contributed by atoms with Gasteiger partial charge in [-0.15, -0.1) is 0 Å². The van der Waals surface area contributed by atoms with Crippen molar-refractivity contribution in [2.45, 2.75) is 38.4 Å². The zero-order valence-electron chi connectivity index (χ0n) is 11.6. The quantitative estimate of drug-likeness (QED) is 0.723. The summed E-state index contributed by atoms with van der Waals surface area (Å²) in [4.78, 5) is 10.6. The van der Waals surface area contributed by atoms with E-state index in [1.165, 1.54) is 0 Å². The Morgan fingerprint density at radius 3 is 2.45 bits per heavy atom. The Morgan fingerprint density at radius 2 is 2.00 bits per heavy atom. The Bertz CT molecular complexity index is 569. The predicted molar refractivity (Wildman–Crippen MR) is 70.9 cm³/mol. The first kappa shape index (κ1) is 16.7. The molecule has 20 heavy (non-hydrogen) atoms. The second kappa shape index (κ2) is 5.94. The van der Waals surface area contributed by atoms with Crippen molar-refractivity contribution in [1.29, 1.82) is 0 Å². The van der Waals surface area contributed by atoms with Crippen molar-refractivity contribution in [3.8, 4) is 0 Å². The molecule has 1 rings (SSSR count). The van der Waals surface area contributed by atoms with Gasteiger partial charge in [-0.25, -0.2) is 17.9 Å². The number of furan rings is 1. The van der Waals surface area contributed by atoms with Crippen molar-refractivity contribution in [1.82, 2.24) is 4.72 Å². The minimum Gasteiger partial charge on any atom is -0.475 e. The first-order valence-electron chi connectivity index (χ1n) is 6.02. The van der Waals surface area contributed by atoms with E-state index in [1.54, 1.807) is 0 Å². The number of sulfonamides is 1. The summed E-state index contributed by atoms with van der Waals surface area (Å²) in [5, 5.41) is 17.9. The molecule has 0 aliphatic rings. The zero-order chi connectivity index (χ0) is 15.6. The van der Waals surface area contributed by atoms with Crippen LogP contribution in [-0.4, -0.2) is 37.2 Å². The number of rotatable bonds is 6. The van der Waals surface area contributed by atoms with Crippen molar-refractivity contribution in [2.75, 3.05) is 6.54 Å². The van der Waals surface area contributed by atoms with Crippen LogP contribution in [0.25, 0.3) is 0 Å². The zero-order valence-corrected chi connectivity index (χ0v) is 12.4. The summed E-state index contributed by atoms with van der Waals surface area (Å²) < 4.78 is 30.6. The summed E-state index contributed by atoms with van der Waals surface area (Å²) in [6.07, 6.45) is -0.410. The molecule has 0 bridgehead atoms. The third-order valence-electron chi connectivity index (χ3n) is 2.41. The third kappa shape index (κ3) is 4.95. The molecule has 1 aromatic rings. The van der Waals surface area contributed by atoms with Crippen LogP contribution < -0.4 is 4.72 Å². The largest absolute Gasteiger partial charge is 0.475 e. The van der Waals surface area contributed by atoms with Gasteiger partial charge in [0.1, 0.15) is 0 Å². The van der Waals surface area contributed by atoms with Crippen LogP contribution in [-0.2, 0) is 10.0 Å². The Morgan fingerprint density at radius 1 is 1.40 bits per heavy atom. The molecule has 0 aromatic carbocycles. The van der Waals surface area contributed by atoms with Crippen LogP contribution in [0.1, 0.15) is 37.7 Å². The Labute approximate surface area is 117 Å². The molecule has 1 unspecified atom stereocenters. The number of nitrogens with one attached hydrogen (secondary N) is 1. The van der Waals surface area contributed by atoms with E-state index in [0.29, 0.717) is 6.42 Å². The minimum absolute atomic E-state index is 0.133. The number of carboxylic acids is 1. The predicted octanol–water partition coefficient (Wildman–Crippen LogP) is 1.05. The van der Waals surface area contributed by atoms with Gasteiger partial charge in [0.2, 0.25) is 10.9 Å². The van der Waals surface area contributed by atoms with Gasteiger partial charge in [0.05, 0.1) is 6.10 Å². The highest BCUT2D eigenvalue weighted by Gasteiger charge is 2.23. The second-order valence-corrected chi connectivity index (χ2v) is 7.39. The highest BCUT2D eigenvalue weighted by atomic mass is 32.2. The van der Waals surface area contributed by atoms with Gasteiger partial charge in [-0.05, 0) is 24.0 Å². The molecule has 0 spiro atoms. The van der Waals surface area contributed by atoms with E-state index < -0.39 is 32.9 Å². The topological polar surface area (TPSA) is 117 Å². The summed E-state index contributed by atoms with van der Waals surface area (Å²) in [5.41, 5.74) is -0.133. The molecule has 0 fully saturated rings. The van der Waals surface area contributed by atoms with Crippen LogP contribution >= 0.6 is 0 Å². The molecule has 0 amide bonds. The van der Waals surface area contributed by atoms with Crippen LogP contribution in [0.15, 0.2) is 21.6 Å². The maximum absolute atomic E-state index is 11.8. The van der Waals surface area contributed by atoms with Gasteiger partial charge in [0.25, 0.3) is 10.0 Å². The summed E-state index contributed by atoms with van der Waals surface area (Å²) in [7, 11) is -3.96. The SMILES string of the molecule is CC(C)(C)CC(O)CNS(=O)(=O)c1ccc(C(=O)O)o1. The average Bonchev–Trinajstić information content (AvgIpc) is 2.74. The van der Waals surface area contributed by atoms with E-state index in [2.05, 4.69) is 4.72 Å². The fraction of sp³-hybridized carbons (Fsp3) is 0.583. The van der Waals surface area contributed by atoms with Crippen LogP contribution in [0, 0.1) is 5.41 Å². The van der Waals surface area contributed by atoms with Crippen molar-refractivity contribution in [3.05, 3.63) is 17.9 Å². The molecular formula is C12H19NO6S. The van der Waals surface area contributed by atoms with Gasteiger partial charge in [0, 0.05) is 6.54 Å². The highest BCUT2D eigenvalue weighted by molar-refractivity contribution is 7.89. The van der Waals surface area contributed by atoms with E-state index in [-0.39, 0.29) is 12.0 Å². The second-order valence-electron chi connectivity index (χ2n) is 5.69. The number of carbonyl (C=O) groups is 1. The van der Waals surface area contributed by atoms with E-state index in [4.69, 9.17) is 9.52 Å². The average molecular weight is 305 g/mol. The van der Waals surface area contributed by atoms with Gasteiger partial charge in [-0.3, -0.25) is 0 Å². The molecule has 0 radical (unpaired) electrons. The third-order valence-corrected chi connectivity index (χ3v) is 3.71. The van der Waals surface area contributed by atoms with Crippen LogP contribution in [0.4, 0.5) is 0 Å².